The summed E-state index contributed by atoms with van der Waals surface area (Å²) in [6.45, 7) is 7.03. The van der Waals surface area contributed by atoms with E-state index in [2.05, 4.69) is 17.1 Å². The quantitative estimate of drug-likeness (QED) is 0.703. The number of nitrogens with two attached hydrogens (primary N) is 1. The second-order valence-electron chi connectivity index (χ2n) is 4.72. The topological polar surface area (TPSA) is 58.4 Å². The molecular formula is C12H25N3O. The SMILES string of the molecule is CCCN(CC1CCCCN1)C(C)C(N)=O. The van der Waals surface area contributed by atoms with Gasteiger partial charge in [0.2, 0.25) is 5.91 Å². The van der Waals surface area contributed by atoms with Gasteiger partial charge in [-0.2, -0.15) is 0 Å². The second-order valence-corrected chi connectivity index (χ2v) is 4.72. The lowest BCUT2D eigenvalue weighted by Crippen LogP contribution is -2.50. The van der Waals surface area contributed by atoms with Gasteiger partial charge in [-0.1, -0.05) is 13.3 Å². The first-order chi connectivity index (χ1) is 7.65. The second kappa shape index (κ2) is 6.86. The minimum Gasteiger partial charge on any atom is -0.368 e. The lowest BCUT2D eigenvalue weighted by Gasteiger charge is -2.33. The number of primary amides is 1. The molecule has 1 saturated heterocycles. The van der Waals surface area contributed by atoms with E-state index in [9.17, 15) is 4.79 Å². The molecule has 94 valence electrons. The number of carbonyl (C=O) groups is 1. The van der Waals surface area contributed by atoms with Gasteiger partial charge in [0.15, 0.2) is 0 Å². The molecule has 0 aliphatic carbocycles. The molecule has 0 aromatic heterocycles. The molecule has 1 fully saturated rings. The summed E-state index contributed by atoms with van der Waals surface area (Å²) in [5, 5.41) is 3.51. The van der Waals surface area contributed by atoms with Crippen molar-refractivity contribution in [2.75, 3.05) is 19.6 Å². The predicted molar refractivity (Wildman–Crippen MR) is 66.2 cm³/mol. The zero-order valence-corrected chi connectivity index (χ0v) is 10.5. The summed E-state index contributed by atoms with van der Waals surface area (Å²) in [5.74, 6) is -0.218. The van der Waals surface area contributed by atoms with Crippen molar-refractivity contribution in [1.82, 2.24) is 10.2 Å². The minimum absolute atomic E-state index is 0.149. The Kier molecular flexibility index (Phi) is 5.77. The first kappa shape index (κ1) is 13.5. The Balaban J connectivity index is 2.45. The van der Waals surface area contributed by atoms with Crippen LogP contribution < -0.4 is 11.1 Å². The average Bonchev–Trinajstić information content (AvgIpc) is 2.29. The zero-order chi connectivity index (χ0) is 12.0. The van der Waals surface area contributed by atoms with Gasteiger partial charge in [0.05, 0.1) is 6.04 Å². The Morgan fingerprint density at radius 2 is 2.31 bits per heavy atom. The van der Waals surface area contributed by atoms with Crippen molar-refractivity contribution >= 4 is 5.91 Å². The van der Waals surface area contributed by atoms with Gasteiger partial charge in [0, 0.05) is 12.6 Å². The van der Waals surface area contributed by atoms with Crippen LogP contribution in [0.3, 0.4) is 0 Å². The van der Waals surface area contributed by atoms with Crippen molar-refractivity contribution < 1.29 is 4.79 Å². The lowest BCUT2D eigenvalue weighted by atomic mass is 10.0. The number of carbonyl (C=O) groups excluding carboxylic acids is 1. The Morgan fingerprint density at radius 3 is 2.81 bits per heavy atom. The number of amides is 1. The van der Waals surface area contributed by atoms with E-state index >= 15 is 0 Å². The largest absolute Gasteiger partial charge is 0.368 e. The Hall–Kier alpha value is -0.610. The highest BCUT2D eigenvalue weighted by atomic mass is 16.1. The number of rotatable bonds is 6. The third kappa shape index (κ3) is 4.10. The van der Waals surface area contributed by atoms with Crippen LogP contribution in [0.2, 0.25) is 0 Å². The van der Waals surface area contributed by atoms with E-state index in [4.69, 9.17) is 5.73 Å². The fourth-order valence-electron chi connectivity index (χ4n) is 2.27. The first-order valence-corrected chi connectivity index (χ1v) is 6.42. The third-order valence-corrected chi connectivity index (χ3v) is 3.34. The minimum atomic E-state index is -0.218. The molecule has 16 heavy (non-hydrogen) atoms. The predicted octanol–water partition coefficient (Wildman–Crippen LogP) is 0.714. The van der Waals surface area contributed by atoms with Gasteiger partial charge in [-0.3, -0.25) is 9.69 Å². The molecule has 1 heterocycles. The molecular weight excluding hydrogens is 202 g/mol. The molecule has 4 nitrogen and oxygen atoms in total. The van der Waals surface area contributed by atoms with E-state index in [-0.39, 0.29) is 11.9 Å². The van der Waals surface area contributed by atoms with Crippen LogP contribution in [-0.2, 0) is 4.79 Å². The van der Waals surface area contributed by atoms with Gasteiger partial charge in [0.25, 0.3) is 0 Å². The van der Waals surface area contributed by atoms with E-state index in [1.54, 1.807) is 0 Å². The van der Waals surface area contributed by atoms with Crippen LogP contribution in [0, 0.1) is 0 Å². The smallest absolute Gasteiger partial charge is 0.234 e. The Morgan fingerprint density at radius 1 is 1.56 bits per heavy atom. The van der Waals surface area contributed by atoms with Crippen molar-refractivity contribution in [3.63, 3.8) is 0 Å². The van der Waals surface area contributed by atoms with Crippen molar-refractivity contribution in [2.45, 2.75) is 51.6 Å². The standard InChI is InChI=1S/C12H25N3O/c1-3-8-15(10(2)12(13)16)9-11-6-4-5-7-14-11/h10-11,14H,3-9H2,1-2H3,(H2,13,16). The van der Waals surface area contributed by atoms with E-state index in [0.29, 0.717) is 6.04 Å². The van der Waals surface area contributed by atoms with E-state index in [1.807, 2.05) is 6.92 Å². The van der Waals surface area contributed by atoms with Gasteiger partial charge in [-0.15, -0.1) is 0 Å². The van der Waals surface area contributed by atoms with Crippen molar-refractivity contribution in [1.29, 1.82) is 0 Å². The van der Waals surface area contributed by atoms with Crippen LogP contribution in [0.1, 0.15) is 39.5 Å². The highest BCUT2D eigenvalue weighted by Crippen LogP contribution is 2.10. The lowest BCUT2D eigenvalue weighted by molar-refractivity contribution is -0.122. The summed E-state index contributed by atoms with van der Waals surface area (Å²) in [4.78, 5) is 13.4. The van der Waals surface area contributed by atoms with Gasteiger partial charge >= 0.3 is 0 Å². The molecule has 1 aliphatic heterocycles. The normalized spacial score (nSPS) is 23.3. The Labute approximate surface area is 98.6 Å². The van der Waals surface area contributed by atoms with Crippen LogP contribution >= 0.6 is 0 Å². The fourth-order valence-corrected chi connectivity index (χ4v) is 2.27. The molecule has 0 bridgehead atoms. The molecule has 3 N–H and O–H groups in total. The molecule has 0 aromatic rings. The molecule has 0 aromatic carbocycles. The Bertz CT molecular complexity index is 214. The number of piperidine rings is 1. The molecule has 4 heteroatoms. The van der Waals surface area contributed by atoms with E-state index in [1.165, 1.54) is 19.3 Å². The van der Waals surface area contributed by atoms with Crippen LogP contribution in [-0.4, -0.2) is 42.5 Å². The molecule has 1 aliphatic rings. The van der Waals surface area contributed by atoms with E-state index in [0.717, 1.165) is 26.1 Å². The molecule has 0 saturated carbocycles. The molecule has 0 spiro atoms. The molecule has 1 amide bonds. The van der Waals surface area contributed by atoms with Gasteiger partial charge in [0.1, 0.15) is 0 Å². The number of hydrogen-bond acceptors (Lipinski definition) is 3. The van der Waals surface area contributed by atoms with Gasteiger partial charge in [-0.05, 0) is 39.3 Å². The third-order valence-electron chi connectivity index (χ3n) is 3.34. The van der Waals surface area contributed by atoms with Crippen molar-refractivity contribution in [3.05, 3.63) is 0 Å². The maximum Gasteiger partial charge on any atom is 0.234 e. The molecule has 2 atom stereocenters. The number of hydrogen-bond donors (Lipinski definition) is 2. The zero-order valence-electron chi connectivity index (χ0n) is 10.5. The van der Waals surface area contributed by atoms with Gasteiger partial charge in [-0.25, -0.2) is 0 Å². The summed E-state index contributed by atoms with van der Waals surface area (Å²) in [6, 6.07) is 0.380. The average molecular weight is 227 g/mol. The molecule has 1 rings (SSSR count). The maximum atomic E-state index is 11.2. The van der Waals surface area contributed by atoms with Crippen LogP contribution in [0.4, 0.5) is 0 Å². The number of nitrogens with one attached hydrogen (secondary N) is 1. The maximum absolute atomic E-state index is 11.2. The highest BCUT2D eigenvalue weighted by Gasteiger charge is 2.22. The van der Waals surface area contributed by atoms with Crippen LogP contribution in [0.15, 0.2) is 0 Å². The fraction of sp³-hybridized carbons (Fsp3) is 0.917. The summed E-state index contributed by atoms with van der Waals surface area (Å²) in [7, 11) is 0. The molecule has 0 radical (unpaired) electrons. The van der Waals surface area contributed by atoms with Crippen molar-refractivity contribution in [3.8, 4) is 0 Å². The van der Waals surface area contributed by atoms with E-state index < -0.39 is 0 Å². The summed E-state index contributed by atoms with van der Waals surface area (Å²) in [5.41, 5.74) is 5.37. The van der Waals surface area contributed by atoms with Crippen LogP contribution in [0.5, 0.6) is 0 Å². The van der Waals surface area contributed by atoms with Gasteiger partial charge < -0.3 is 11.1 Å². The molecule has 2 unspecified atom stereocenters. The summed E-state index contributed by atoms with van der Waals surface area (Å²) < 4.78 is 0. The first-order valence-electron chi connectivity index (χ1n) is 6.42. The summed E-state index contributed by atoms with van der Waals surface area (Å²) in [6.07, 6.45) is 4.84. The highest BCUT2D eigenvalue weighted by molar-refractivity contribution is 5.79. The summed E-state index contributed by atoms with van der Waals surface area (Å²) >= 11 is 0. The monoisotopic (exact) mass is 227 g/mol. The van der Waals surface area contributed by atoms with Crippen LogP contribution in [0.25, 0.3) is 0 Å². The van der Waals surface area contributed by atoms with Crippen molar-refractivity contribution in [2.24, 2.45) is 5.73 Å². The number of nitrogens with zero attached hydrogens (tertiary/aromatic N) is 1.